The maximum absolute atomic E-state index is 5.07. The van der Waals surface area contributed by atoms with Crippen molar-refractivity contribution in [1.82, 2.24) is 14.6 Å². The minimum atomic E-state index is 0.780. The molecule has 4 heteroatoms. The Morgan fingerprint density at radius 1 is 0.758 bits per heavy atom. The van der Waals surface area contributed by atoms with Gasteiger partial charge in [-0.3, -0.25) is 0 Å². The maximum atomic E-state index is 5.07. The first kappa shape index (κ1) is 21.0. The number of aromatic nitrogens is 3. The van der Waals surface area contributed by atoms with Gasteiger partial charge in [0.05, 0.1) is 5.69 Å². The van der Waals surface area contributed by atoms with Crippen LogP contribution in [0.15, 0.2) is 78.9 Å². The Bertz CT molecular complexity index is 1410. The van der Waals surface area contributed by atoms with E-state index in [0.29, 0.717) is 0 Å². The molecule has 164 valence electrons. The molecule has 0 atom stereocenters. The van der Waals surface area contributed by atoms with Gasteiger partial charge in [0.2, 0.25) is 0 Å². The van der Waals surface area contributed by atoms with E-state index >= 15 is 0 Å². The lowest BCUT2D eigenvalue weighted by molar-refractivity contribution is 0.895. The number of anilines is 2. The molecule has 5 aromatic rings. The van der Waals surface area contributed by atoms with Crippen molar-refractivity contribution in [2.24, 2.45) is 0 Å². The molecule has 0 unspecified atom stereocenters. The molecule has 5 rings (SSSR count). The minimum Gasteiger partial charge on any atom is -0.340 e. The average Bonchev–Trinajstić information content (AvgIpc) is 3.12. The fraction of sp³-hybridized carbons (Fsp3) is 0.172. The van der Waals surface area contributed by atoms with Crippen molar-refractivity contribution in [3.8, 4) is 11.1 Å². The molecule has 0 bridgehead atoms. The smallest absolute Gasteiger partial charge is 0.165 e. The zero-order valence-corrected chi connectivity index (χ0v) is 19.6. The van der Waals surface area contributed by atoms with E-state index in [0.717, 1.165) is 51.7 Å². The van der Waals surface area contributed by atoms with Gasteiger partial charge in [-0.2, -0.15) is 9.61 Å². The van der Waals surface area contributed by atoms with Gasteiger partial charge in [0.15, 0.2) is 5.65 Å². The van der Waals surface area contributed by atoms with Gasteiger partial charge in [0.25, 0.3) is 0 Å². The van der Waals surface area contributed by atoms with Crippen LogP contribution in [0.4, 0.5) is 11.5 Å². The van der Waals surface area contributed by atoms with E-state index < -0.39 is 0 Å². The zero-order valence-electron chi connectivity index (χ0n) is 19.6. The van der Waals surface area contributed by atoms with Crippen molar-refractivity contribution in [1.29, 1.82) is 0 Å². The van der Waals surface area contributed by atoms with E-state index in [4.69, 9.17) is 10.1 Å². The highest BCUT2D eigenvalue weighted by molar-refractivity contribution is 5.82. The van der Waals surface area contributed by atoms with Crippen LogP contribution in [0.2, 0.25) is 0 Å². The number of nitrogens with zero attached hydrogens (tertiary/aromatic N) is 3. The molecule has 2 heterocycles. The van der Waals surface area contributed by atoms with E-state index in [2.05, 4.69) is 106 Å². The van der Waals surface area contributed by atoms with E-state index in [-0.39, 0.29) is 0 Å². The Morgan fingerprint density at radius 3 is 2.06 bits per heavy atom. The molecule has 2 aromatic heterocycles. The average molecular weight is 433 g/mol. The van der Waals surface area contributed by atoms with Crippen LogP contribution < -0.4 is 5.32 Å². The quantitative estimate of drug-likeness (QED) is 0.326. The SMILES string of the molecule is Cc1cc(C)cc(Nc2c(Cc3ccccc3)c(C)nc3c(-c4ccccc4)c(C)nn23)c1. The number of hydrogen-bond acceptors (Lipinski definition) is 3. The molecule has 1 N–H and O–H groups in total. The number of aryl methyl sites for hydroxylation is 4. The van der Waals surface area contributed by atoms with Gasteiger partial charge >= 0.3 is 0 Å². The fourth-order valence-corrected chi connectivity index (χ4v) is 4.57. The normalized spacial score (nSPS) is 11.2. The van der Waals surface area contributed by atoms with Gasteiger partial charge in [-0.05, 0) is 62.1 Å². The van der Waals surface area contributed by atoms with E-state index in [9.17, 15) is 0 Å². The molecule has 0 amide bonds. The lowest BCUT2D eigenvalue weighted by Gasteiger charge is -2.17. The zero-order chi connectivity index (χ0) is 22.9. The Labute approximate surface area is 195 Å². The highest BCUT2D eigenvalue weighted by Gasteiger charge is 2.20. The summed E-state index contributed by atoms with van der Waals surface area (Å²) in [6.45, 7) is 8.41. The van der Waals surface area contributed by atoms with Crippen LogP contribution in [0.1, 0.15) is 33.6 Å². The highest BCUT2D eigenvalue weighted by atomic mass is 15.3. The van der Waals surface area contributed by atoms with Crippen LogP contribution in [-0.2, 0) is 6.42 Å². The lowest BCUT2D eigenvalue weighted by atomic mass is 10.0. The molecule has 0 radical (unpaired) electrons. The van der Waals surface area contributed by atoms with Crippen LogP contribution in [0.5, 0.6) is 0 Å². The second kappa shape index (κ2) is 8.55. The molecule has 0 saturated heterocycles. The first-order valence-electron chi connectivity index (χ1n) is 11.3. The summed E-state index contributed by atoms with van der Waals surface area (Å²) in [5.41, 5.74) is 11.0. The van der Waals surface area contributed by atoms with Crippen LogP contribution >= 0.6 is 0 Å². The van der Waals surface area contributed by atoms with Crippen molar-refractivity contribution in [2.45, 2.75) is 34.1 Å². The summed E-state index contributed by atoms with van der Waals surface area (Å²) in [6, 6.07) is 27.5. The standard InChI is InChI=1S/C29H28N4/c1-19-15-20(2)17-25(16-19)31-28-26(18-23-11-7-5-8-12-23)21(3)30-29-27(22(4)32-33(28)29)24-13-9-6-10-14-24/h5-17,31H,18H2,1-4H3. The highest BCUT2D eigenvalue weighted by Crippen LogP contribution is 2.33. The Balaban J connectivity index is 1.74. The van der Waals surface area contributed by atoms with Crippen molar-refractivity contribution < 1.29 is 0 Å². The summed E-state index contributed by atoms with van der Waals surface area (Å²) >= 11 is 0. The topological polar surface area (TPSA) is 42.2 Å². The number of rotatable bonds is 5. The largest absolute Gasteiger partial charge is 0.340 e. The van der Waals surface area contributed by atoms with Crippen LogP contribution in [0.25, 0.3) is 16.8 Å². The molecule has 33 heavy (non-hydrogen) atoms. The van der Waals surface area contributed by atoms with Gasteiger partial charge in [-0.1, -0.05) is 66.7 Å². The van der Waals surface area contributed by atoms with E-state index in [1.807, 2.05) is 10.6 Å². The summed E-state index contributed by atoms with van der Waals surface area (Å²) in [5.74, 6) is 0.969. The number of nitrogens with one attached hydrogen (secondary N) is 1. The van der Waals surface area contributed by atoms with Crippen LogP contribution in [0.3, 0.4) is 0 Å². The summed E-state index contributed by atoms with van der Waals surface area (Å²) < 4.78 is 1.99. The van der Waals surface area contributed by atoms with Crippen molar-refractivity contribution >= 4 is 17.2 Å². The molecule has 4 nitrogen and oxygen atoms in total. The van der Waals surface area contributed by atoms with E-state index in [1.165, 1.54) is 16.7 Å². The van der Waals surface area contributed by atoms with Gasteiger partial charge in [0.1, 0.15) is 5.82 Å². The third-order valence-electron chi connectivity index (χ3n) is 6.01. The van der Waals surface area contributed by atoms with Crippen LogP contribution in [-0.4, -0.2) is 14.6 Å². The molecule has 0 aliphatic rings. The van der Waals surface area contributed by atoms with Gasteiger partial charge in [-0.25, -0.2) is 4.98 Å². The van der Waals surface area contributed by atoms with Crippen molar-refractivity contribution in [2.75, 3.05) is 5.32 Å². The fourth-order valence-electron chi connectivity index (χ4n) is 4.57. The lowest BCUT2D eigenvalue weighted by Crippen LogP contribution is -2.09. The Morgan fingerprint density at radius 2 is 1.39 bits per heavy atom. The first-order valence-corrected chi connectivity index (χ1v) is 11.3. The van der Waals surface area contributed by atoms with Crippen LogP contribution in [0, 0.1) is 27.7 Å². The number of hydrogen-bond donors (Lipinski definition) is 1. The minimum absolute atomic E-state index is 0.780. The van der Waals surface area contributed by atoms with Gasteiger partial charge < -0.3 is 5.32 Å². The van der Waals surface area contributed by atoms with Crippen molar-refractivity contribution in [3.63, 3.8) is 0 Å². The summed E-state index contributed by atoms with van der Waals surface area (Å²) in [6.07, 6.45) is 0.780. The maximum Gasteiger partial charge on any atom is 0.165 e. The predicted octanol–water partition coefficient (Wildman–Crippen LogP) is 6.96. The third-order valence-corrected chi connectivity index (χ3v) is 6.01. The summed E-state index contributed by atoms with van der Waals surface area (Å²) in [5, 5.41) is 8.68. The van der Waals surface area contributed by atoms with E-state index in [1.54, 1.807) is 0 Å². The second-order valence-electron chi connectivity index (χ2n) is 8.75. The molecular weight excluding hydrogens is 404 g/mol. The summed E-state index contributed by atoms with van der Waals surface area (Å²) in [7, 11) is 0. The molecule has 0 saturated carbocycles. The van der Waals surface area contributed by atoms with Gasteiger partial charge in [-0.15, -0.1) is 0 Å². The Hall–Kier alpha value is -3.92. The molecular formula is C29H28N4. The molecule has 0 spiro atoms. The Kier molecular flexibility index (Phi) is 5.43. The predicted molar refractivity (Wildman–Crippen MR) is 136 cm³/mol. The molecule has 0 aliphatic heterocycles. The number of fused-ring (bicyclic) bond motifs is 1. The summed E-state index contributed by atoms with van der Waals surface area (Å²) in [4.78, 5) is 5.07. The number of benzene rings is 3. The first-order chi connectivity index (χ1) is 16.0. The molecule has 3 aromatic carbocycles. The van der Waals surface area contributed by atoms with Gasteiger partial charge in [0, 0.05) is 28.9 Å². The molecule has 0 aliphatic carbocycles. The second-order valence-corrected chi connectivity index (χ2v) is 8.75. The van der Waals surface area contributed by atoms with Crippen molar-refractivity contribution in [3.05, 3.63) is 113 Å². The monoisotopic (exact) mass is 432 g/mol. The third kappa shape index (κ3) is 4.12. The molecule has 0 fully saturated rings.